The van der Waals surface area contributed by atoms with Crippen LogP contribution in [0.15, 0.2) is 48.8 Å². The molecular weight excluding hydrogens is 404 g/mol. The van der Waals surface area contributed by atoms with Gasteiger partial charge < -0.3 is 25.4 Å². The Labute approximate surface area is 175 Å². The van der Waals surface area contributed by atoms with E-state index in [1.54, 1.807) is 42.5 Å². The molecule has 1 unspecified atom stereocenters. The molecule has 156 valence electrons. The number of nitrogens with one attached hydrogen (secondary N) is 1. The van der Waals surface area contributed by atoms with Crippen molar-refractivity contribution >= 4 is 17.2 Å². The van der Waals surface area contributed by atoms with Gasteiger partial charge >= 0.3 is 0 Å². The van der Waals surface area contributed by atoms with E-state index in [9.17, 15) is 30.6 Å². The highest BCUT2D eigenvalue weighted by molar-refractivity contribution is 6.05. The third kappa shape index (κ3) is 2.92. The van der Waals surface area contributed by atoms with Crippen LogP contribution in [0.5, 0.6) is 0 Å². The highest BCUT2D eigenvalue weighted by atomic mass is 16.6. The molecule has 0 aliphatic carbocycles. The number of nitriles is 2. The van der Waals surface area contributed by atoms with Crippen LogP contribution in [0.4, 0.5) is 5.82 Å². The van der Waals surface area contributed by atoms with E-state index in [0.717, 1.165) is 6.33 Å². The second-order valence-corrected chi connectivity index (χ2v) is 6.94. The Kier molecular flexibility index (Phi) is 4.89. The molecule has 4 N–H and O–H groups in total. The Hall–Kier alpha value is -3.87. The van der Waals surface area contributed by atoms with Gasteiger partial charge in [0.1, 0.15) is 36.2 Å². The molecule has 0 spiro atoms. The fourth-order valence-corrected chi connectivity index (χ4v) is 3.57. The Morgan fingerprint density at radius 1 is 1.16 bits per heavy atom. The number of carbonyl (C=O) groups excluding carboxylic acids is 1. The Morgan fingerprint density at radius 2 is 1.90 bits per heavy atom. The first-order valence-electron chi connectivity index (χ1n) is 9.12. The number of hydrogen-bond acceptors (Lipinski definition) is 9. The van der Waals surface area contributed by atoms with E-state index >= 15 is 0 Å². The third-order valence-electron chi connectivity index (χ3n) is 5.23. The molecule has 1 fully saturated rings. The van der Waals surface area contributed by atoms with E-state index in [2.05, 4.69) is 15.4 Å². The quantitative estimate of drug-likeness (QED) is 0.441. The van der Waals surface area contributed by atoms with E-state index in [-0.39, 0.29) is 17.0 Å². The van der Waals surface area contributed by atoms with E-state index in [0.29, 0.717) is 5.56 Å². The molecule has 2 aromatic heterocycles. The molecule has 1 amide bonds. The summed E-state index contributed by atoms with van der Waals surface area (Å²) in [7, 11) is 0. The summed E-state index contributed by atoms with van der Waals surface area (Å²) in [6.07, 6.45) is -2.59. The maximum Gasteiger partial charge on any atom is 0.256 e. The van der Waals surface area contributed by atoms with Crippen LogP contribution >= 0.6 is 0 Å². The van der Waals surface area contributed by atoms with Crippen molar-refractivity contribution < 1.29 is 24.9 Å². The molecule has 11 nitrogen and oxygen atoms in total. The molecular formula is C20H16N6O5. The molecule has 3 heterocycles. The molecule has 0 bridgehead atoms. The van der Waals surface area contributed by atoms with Crippen molar-refractivity contribution in [1.29, 1.82) is 10.5 Å². The van der Waals surface area contributed by atoms with Crippen LogP contribution in [-0.4, -0.2) is 60.2 Å². The van der Waals surface area contributed by atoms with Gasteiger partial charge in [0.05, 0.1) is 12.3 Å². The van der Waals surface area contributed by atoms with Gasteiger partial charge in [0.25, 0.3) is 5.91 Å². The molecule has 1 saturated heterocycles. The standard InChI is InChI=1S/C20H16N6O5/c21-8-19(10-27)15(28)16(29)20(9-22,31-19)14-7-6-13-17(23-11-24-26(13)14)25-18(30)12-4-2-1-3-5-12/h1-7,11,15-16,27-29H,10H2,(H,23,24,25,30)/t15-,16+,19?,20-/m0/s1. The summed E-state index contributed by atoms with van der Waals surface area (Å²) in [6.45, 7) is -0.943. The van der Waals surface area contributed by atoms with Crippen molar-refractivity contribution in [2.45, 2.75) is 23.4 Å². The number of ether oxygens (including phenoxy) is 1. The topological polar surface area (TPSA) is 177 Å². The molecule has 31 heavy (non-hydrogen) atoms. The number of benzene rings is 1. The van der Waals surface area contributed by atoms with Crippen LogP contribution in [0.25, 0.3) is 5.52 Å². The minimum atomic E-state index is -2.21. The summed E-state index contributed by atoms with van der Waals surface area (Å²) >= 11 is 0. The van der Waals surface area contributed by atoms with Gasteiger partial charge in [-0.15, -0.1) is 0 Å². The predicted octanol–water partition coefficient (Wildman–Crippen LogP) is -0.293. The van der Waals surface area contributed by atoms with Gasteiger partial charge in [0.2, 0.25) is 11.2 Å². The average molecular weight is 420 g/mol. The molecule has 1 aliphatic heterocycles. The van der Waals surface area contributed by atoms with Crippen LogP contribution < -0.4 is 5.32 Å². The van der Waals surface area contributed by atoms with Crippen molar-refractivity contribution in [3.05, 3.63) is 60.0 Å². The smallest absolute Gasteiger partial charge is 0.256 e. The van der Waals surface area contributed by atoms with Crippen molar-refractivity contribution in [2.75, 3.05) is 11.9 Å². The van der Waals surface area contributed by atoms with E-state index in [1.165, 1.54) is 16.6 Å². The summed E-state index contributed by atoms with van der Waals surface area (Å²) in [5.74, 6) is -0.291. The highest BCUT2D eigenvalue weighted by Crippen LogP contribution is 2.45. The minimum absolute atomic E-state index is 0.0141. The van der Waals surface area contributed by atoms with Crippen LogP contribution in [0.1, 0.15) is 16.1 Å². The molecule has 3 aromatic rings. The van der Waals surface area contributed by atoms with E-state index in [1.807, 2.05) is 0 Å². The number of aliphatic hydroxyl groups is 3. The number of anilines is 1. The van der Waals surface area contributed by atoms with Crippen molar-refractivity contribution in [2.24, 2.45) is 0 Å². The predicted molar refractivity (Wildman–Crippen MR) is 103 cm³/mol. The number of aliphatic hydroxyl groups excluding tert-OH is 3. The van der Waals surface area contributed by atoms with Crippen molar-refractivity contribution in [3.8, 4) is 12.1 Å². The normalized spacial score (nSPS) is 27.5. The van der Waals surface area contributed by atoms with Gasteiger partial charge in [0.15, 0.2) is 5.82 Å². The zero-order valence-electron chi connectivity index (χ0n) is 15.9. The number of amides is 1. The number of carbonyl (C=O) groups is 1. The monoisotopic (exact) mass is 420 g/mol. The van der Waals surface area contributed by atoms with Crippen LogP contribution in [-0.2, 0) is 10.3 Å². The lowest BCUT2D eigenvalue weighted by atomic mass is 9.89. The van der Waals surface area contributed by atoms with Crippen LogP contribution in [0.2, 0.25) is 0 Å². The van der Waals surface area contributed by atoms with Crippen molar-refractivity contribution in [1.82, 2.24) is 14.6 Å². The fraction of sp³-hybridized carbons (Fsp3) is 0.250. The van der Waals surface area contributed by atoms with Gasteiger partial charge in [-0.1, -0.05) is 18.2 Å². The van der Waals surface area contributed by atoms with Gasteiger partial charge in [-0.25, -0.2) is 9.50 Å². The maximum atomic E-state index is 12.5. The minimum Gasteiger partial charge on any atom is -0.392 e. The SMILES string of the molecule is N#CC1(CO)O[C@@](C#N)(c2ccc3c(NC(=O)c4ccccc4)ncnn23)[C@H](O)[C@@H]1O. The first-order chi connectivity index (χ1) is 14.9. The van der Waals surface area contributed by atoms with Crippen molar-refractivity contribution in [3.63, 3.8) is 0 Å². The Balaban J connectivity index is 1.78. The lowest BCUT2D eigenvalue weighted by Crippen LogP contribution is -2.45. The number of fused-ring (bicyclic) bond motifs is 1. The lowest BCUT2D eigenvalue weighted by Gasteiger charge is -2.25. The first-order valence-corrected chi connectivity index (χ1v) is 9.12. The fourth-order valence-electron chi connectivity index (χ4n) is 3.57. The number of hydrogen-bond donors (Lipinski definition) is 4. The Morgan fingerprint density at radius 3 is 2.52 bits per heavy atom. The van der Waals surface area contributed by atoms with Crippen LogP contribution in [0.3, 0.4) is 0 Å². The second-order valence-electron chi connectivity index (χ2n) is 6.94. The summed E-state index contributed by atoms with van der Waals surface area (Å²) in [5, 5.41) is 56.5. The highest BCUT2D eigenvalue weighted by Gasteiger charge is 2.65. The first kappa shape index (κ1) is 20.4. The zero-order chi connectivity index (χ0) is 22.2. The van der Waals surface area contributed by atoms with E-state index < -0.39 is 35.9 Å². The number of rotatable bonds is 4. The molecule has 4 rings (SSSR count). The summed E-state index contributed by atoms with van der Waals surface area (Å²) in [5.41, 5.74) is -3.74. The second kappa shape index (κ2) is 7.43. The summed E-state index contributed by atoms with van der Waals surface area (Å²) in [4.78, 5) is 16.6. The average Bonchev–Trinajstić information content (AvgIpc) is 3.34. The molecule has 0 radical (unpaired) electrons. The third-order valence-corrected chi connectivity index (χ3v) is 5.23. The van der Waals surface area contributed by atoms with Gasteiger partial charge in [-0.2, -0.15) is 15.6 Å². The molecule has 1 aromatic carbocycles. The lowest BCUT2D eigenvalue weighted by molar-refractivity contribution is -0.102. The number of nitrogens with zero attached hydrogens (tertiary/aromatic N) is 5. The molecule has 4 atom stereocenters. The van der Waals surface area contributed by atoms with E-state index in [4.69, 9.17) is 4.74 Å². The number of aromatic nitrogens is 3. The zero-order valence-corrected chi connectivity index (χ0v) is 15.9. The maximum absolute atomic E-state index is 12.5. The van der Waals surface area contributed by atoms with Gasteiger partial charge in [0, 0.05) is 5.56 Å². The molecule has 11 heteroatoms. The van der Waals surface area contributed by atoms with Crippen LogP contribution in [0, 0.1) is 22.7 Å². The molecule has 0 saturated carbocycles. The molecule has 1 aliphatic rings. The summed E-state index contributed by atoms with van der Waals surface area (Å²) in [6, 6.07) is 14.8. The van der Waals surface area contributed by atoms with Gasteiger partial charge in [-0.3, -0.25) is 4.79 Å². The van der Waals surface area contributed by atoms with Gasteiger partial charge in [-0.05, 0) is 24.3 Å². The Bertz CT molecular complexity index is 1230. The summed E-state index contributed by atoms with van der Waals surface area (Å²) < 4.78 is 6.72. The largest absolute Gasteiger partial charge is 0.392 e.